The molecule has 5 rings (SSSR count). The Labute approximate surface area is 157 Å². The number of aryl methyl sites for hydroxylation is 1. The number of aromatic nitrogens is 2. The molecule has 0 spiro atoms. The van der Waals surface area contributed by atoms with Gasteiger partial charge >= 0.3 is 0 Å². The van der Waals surface area contributed by atoms with Crippen LogP contribution < -0.4 is 4.74 Å². The fraction of sp³-hybridized carbons (Fsp3) is 0.227. The van der Waals surface area contributed by atoms with E-state index in [-0.39, 0.29) is 5.91 Å². The minimum absolute atomic E-state index is 0.0867. The average molecular weight is 359 g/mol. The van der Waals surface area contributed by atoms with Gasteiger partial charge < -0.3 is 19.2 Å². The third-order valence-electron chi connectivity index (χ3n) is 5.60. The molecule has 0 saturated heterocycles. The van der Waals surface area contributed by atoms with Gasteiger partial charge in [-0.05, 0) is 42.5 Å². The van der Waals surface area contributed by atoms with Crippen molar-refractivity contribution in [1.82, 2.24) is 14.5 Å². The summed E-state index contributed by atoms with van der Waals surface area (Å²) in [5.74, 6) is 0.922. The summed E-state index contributed by atoms with van der Waals surface area (Å²) in [5.41, 5.74) is 5.40. The van der Waals surface area contributed by atoms with Crippen LogP contribution in [0, 0.1) is 0 Å². The second-order valence-electron chi connectivity index (χ2n) is 7.17. The van der Waals surface area contributed by atoms with E-state index in [9.17, 15) is 4.79 Å². The Bertz CT molecular complexity index is 1190. The van der Waals surface area contributed by atoms with Crippen molar-refractivity contribution in [2.45, 2.75) is 13.0 Å². The van der Waals surface area contributed by atoms with E-state index in [4.69, 9.17) is 4.74 Å². The van der Waals surface area contributed by atoms with E-state index in [1.807, 2.05) is 54.5 Å². The fourth-order valence-corrected chi connectivity index (χ4v) is 4.09. The number of ether oxygens (including phenoxy) is 1. The molecule has 0 aliphatic carbocycles. The number of carbonyl (C=O) groups excluding carboxylic acids is 1. The van der Waals surface area contributed by atoms with Crippen LogP contribution in [0.5, 0.6) is 5.75 Å². The molecule has 0 bridgehead atoms. The number of fused-ring (bicyclic) bond motifs is 4. The molecule has 5 heteroatoms. The zero-order valence-electron chi connectivity index (χ0n) is 15.5. The van der Waals surface area contributed by atoms with E-state index in [1.54, 1.807) is 7.11 Å². The maximum absolute atomic E-state index is 13.1. The Kier molecular flexibility index (Phi) is 3.50. The number of nitrogens with zero attached hydrogens (tertiary/aromatic N) is 2. The molecule has 1 N–H and O–H groups in total. The smallest absolute Gasteiger partial charge is 0.254 e. The van der Waals surface area contributed by atoms with Crippen molar-refractivity contribution in [3.05, 3.63) is 65.5 Å². The van der Waals surface area contributed by atoms with Crippen LogP contribution in [0.15, 0.2) is 48.7 Å². The molecule has 27 heavy (non-hydrogen) atoms. The number of hydrogen-bond acceptors (Lipinski definition) is 2. The van der Waals surface area contributed by atoms with Gasteiger partial charge in [0.1, 0.15) is 5.75 Å². The lowest BCUT2D eigenvalue weighted by atomic mass is 10.0. The van der Waals surface area contributed by atoms with Crippen LogP contribution in [0.3, 0.4) is 0 Å². The molecular formula is C22H21N3O2. The van der Waals surface area contributed by atoms with Crippen molar-refractivity contribution in [2.75, 3.05) is 13.7 Å². The number of carbonyl (C=O) groups is 1. The highest BCUT2D eigenvalue weighted by molar-refractivity contribution is 5.98. The highest BCUT2D eigenvalue weighted by atomic mass is 16.5. The van der Waals surface area contributed by atoms with Gasteiger partial charge in [0.15, 0.2) is 0 Å². The van der Waals surface area contributed by atoms with Crippen LogP contribution in [0.4, 0.5) is 0 Å². The third-order valence-corrected chi connectivity index (χ3v) is 5.60. The molecule has 0 saturated carbocycles. The summed E-state index contributed by atoms with van der Waals surface area (Å²) < 4.78 is 7.44. The van der Waals surface area contributed by atoms with Crippen LogP contribution in [-0.2, 0) is 20.0 Å². The summed E-state index contributed by atoms with van der Waals surface area (Å²) in [4.78, 5) is 18.6. The van der Waals surface area contributed by atoms with Gasteiger partial charge in [-0.25, -0.2) is 0 Å². The number of hydrogen-bond donors (Lipinski definition) is 1. The highest BCUT2D eigenvalue weighted by Crippen LogP contribution is 2.31. The Balaban J connectivity index is 1.49. The van der Waals surface area contributed by atoms with Gasteiger partial charge in [-0.15, -0.1) is 0 Å². The summed E-state index contributed by atoms with van der Waals surface area (Å²) in [6.07, 6.45) is 2.86. The SMILES string of the molecule is COc1ccc2[nH]c3c(c2c1)CN(C(=O)c1ccc2c(ccn2C)c1)CC3. The van der Waals surface area contributed by atoms with E-state index in [0.29, 0.717) is 6.54 Å². The van der Waals surface area contributed by atoms with Gasteiger partial charge in [0.2, 0.25) is 0 Å². The van der Waals surface area contributed by atoms with Crippen molar-refractivity contribution >= 4 is 27.7 Å². The molecule has 136 valence electrons. The summed E-state index contributed by atoms with van der Waals surface area (Å²) in [6, 6.07) is 14.0. The lowest BCUT2D eigenvalue weighted by Crippen LogP contribution is -2.35. The van der Waals surface area contributed by atoms with Gasteiger partial charge in [-0.2, -0.15) is 0 Å². The molecule has 2 aromatic heterocycles. The first-order chi connectivity index (χ1) is 13.1. The first kappa shape index (κ1) is 16.0. The van der Waals surface area contributed by atoms with Crippen LogP contribution in [-0.4, -0.2) is 34.0 Å². The molecule has 2 aromatic carbocycles. The molecule has 3 heterocycles. The van der Waals surface area contributed by atoms with E-state index >= 15 is 0 Å². The van der Waals surface area contributed by atoms with Gasteiger partial charge in [0, 0.05) is 71.4 Å². The van der Waals surface area contributed by atoms with Crippen LogP contribution >= 0.6 is 0 Å². The Morgan fingerprint density at radius 3 is 2.89 bits per heavy atom. The van der Waals surface area contributed by atoms with Crippen molar-refractivity contribution < 1.29 is 9.53 Å². The lowest BCUT2D eigenvalue weighted by Gasteiger charge is -2.27. The number of rotatable bonds is 2. The number of nitrogens with one attached hydrogen (secondary N) is 1. The molecule has 0 atom stereocenters. The molecule has 1 aliphatic rings. The summed E-state index contributed by atoms with van der Waals surface area (Å²) in [5, 5.41) is 2.23. The Morgan fingerprint density at radius 1 is 1.15 bits per heavy atom. The summed E-state index contributed by atoms with van der Waals surface area (Å²) >= 11 is 0. The number of aromatic amines is 1. The number of methoxy groups -OCH3 is 1. The Hall–Kier alpha value is -3.21. The minimum Gasteiger partial charge on any atom is -0.497 e. The average Bonchev–Trinajstić information content (AvgIpc) is 3.26. The minimum atomic E-state index is 0.0867. The first-order valence-corrected chi connectivity index (χ1v) is 9.16. The maximum atomic E-state index is 13.1. The quantitative estimate of drug-likeness (QED) is 0.591. The van der Waals surface area contributed by atoms with Gasteiger partial charge in [-0.1, -0.05) is 0 Å². The van der Waals surface area contributed by atoms with Crippen molar-refractivity contribution in [3.63, 3.8) is 0 Å². The van der Waals surface area contributed by atoms with E-state index in [2.05, 4.69) is 15.6 Å². The molecule has 4 aromatic rings. The first-order valence-electron chi connectivity index (χ1n) is 9.16. The number of benzene rings is 2. The van der Waals surface area contributed by atoms with Crippen molar-refractivity contribution in [3.8, 4) is 5.75 Å². The van der Waals surface area contributed by atoms with E-state index in [0.717, 1.165) is 46.1 Å². The summed E-state index contributed by atoms with van der Waals surface area (Å²) in [6.45, 7) is 1.34. The fourth-order valence-electron chi connectivity index (χ4n) is 4.09. The van der Waals surface area contributed by atoms with Crippen molar-refractivity contribution in [1.29, 1.82) is 0 Å². The van der Waals surface area contributed by atoms with E-state index < -0.39 is 0 Å². The lowest BCUT2D eigenvalue weighted by molar-refractivity contribution is 0.0735. The third kappa shape index (κ3) is 2.50. The molecule has 1 aliphatic heterocycles. The zero-order chi connectivity index (χ0) is 18.5. The second-order valence-corrected chi connectivity index (χ2v) is 7.17. The molecule has 0 fully saturated rings. The highest BCUT2D eigenvalue weighted by Gasteiger charge is 2.25. The van der Waals surface area contributed by atoms with E-state index in [1.165, 1.54) is 11.3 Å². The second kappa shape index (κ2) is 5.91. The molecule has 0 radical (unpaired) electrons. The molecular weight excluding hydrogens is 338 g/mol. The normalized spacial score (nSPS) is 13.9. The van der Waals surface area contributed by atoms with Gasteiger partial charge in [-0.3, -0.25) is 4.79 Å². The summed E-state index contributed by atoms with van der Waals surface area (Å²) in [7, 11) is 3.69. The largest absolute Gasteiger partial charge is 0.497 e. The topological polar surface area (TPSA) is 50.3 Å². The predicted octanol–water partition coefficient (Wildman–Crippen LogP) is 3.87. The standard InChI is InChI=1S/C22H21N3O2/c1-24-9-7-14-11-15(3-6-21(14)24)22(26)25-10-8-20-18(13-25)17-12-16(27-2)4-5-19(17)23-20/h3-7,9,11-12,23H,8,10,13H2,1-2H3. The zero-order valence-corrected chi connectivity index (χ0v) is 15.5. The van der Waals surface area contributed by atoms with Crippen LogP contribution in [0.1, 0.15) is 21.6 Å². The Morgan fingerprint density at radius 2 is 2.04 bits per heavy atom. The molecule has 5 nitrogen and oxygen atoms in total. The van der Waals surface area contributed by atoms with Crippen LogP contribution in [0.2, 0.25) is 0 Å². The molecule has 1 amide bonds. The number of amides is 1. The van der Waals surface area contributed by atoms with Gasteiger partial charge in [0.25, 0.3) is 5.91 Å². The maximum Gasteiger partial charge on any atom is 0.254 e. The van der Waals surface area contributed by atoms with Crippen LogP contribution in [0.25, 0.3) is 21.8 Å². The molecule has 0 unspecified atom stereocenters. The van der Waals surface area contributed by atoms with Crippen molar-refractivity contribution in [2.24, 2.45) is 7.05 Å². The monoisotopic (exact) mass is 359 g/mol. The van der Waals surface area contributed by atoms with Gasteiger partial charge in [0.05, 0.1) is 7.11 Å². The number of H-pyrrole nitrogens is 1. The predicted molar refractivity (Wildman–Crippen MR) is 106 cm³/mol.